The first-order valence-corrected chi connectivity index (χ1v) is 6.89. The van der Waals surface area contributed by atoms with Crippen molar-refractivity contribution >= 4 is 21.7 Å². The molecule has 0 amide bonds. The van der Waals surface area contributed by atoms with Gasteiger partial charge in [-0.2, -0.15) is 8.42 Å². The van der Waals surface area contributed by atoms with Crippen LogP contribution in [0.1, 0.15) is 11.1 Å². The van der Waals surface area contributed by atoms with Crippen LogP contribution in [0.25, 0.3) is 5.57 Å². The molecule has 1 rings (SSSR count). The minimum absolute atomic E-state index is 0.0565. The number of aryl methyl sites for hydroxylation is 1. The number of esters is 1. The Morgan fingerprint density at radius 1 is 1.28 bits per heavy atom. The van der Waals surface area contributed by atoms with Gasteiger partial charge in [0.2, 0.25) is 0 Å². The Morgan fingerprint density at radius 2 is 1.89 bits per heavy atom. The molecular weight excluding hydrogens is 256 g/mol. The van der Waals surface area contributed by atoms with Gasteiger partial charge in [-0.15, -0.1) is 0 Å². The summed E-state index contributed by atoms with van der Waals surface area (Å²) in [5, 5.41) is 0. The van der Waals surface area contributed by atoms with Gasteiger partial charge in [0.05, 0.1) is 13.4 Å². The minimum atomic E-state index is -3.67. The SMILES string of the molecule is COC(=O)C(=COS(C)(=O)=O)c1ccccc1C. The number of benzene rings is 1. The largest absolute Gasteiger partial charge is 0.465 e. The topological polar surface area (TPSA) is 69.7 Å². The third kappa shape index (κ3) is 3.89. The molecule has 18 heavy (non-hydrogen) atoms. The molecule has 0 saturated carbocycles. The monoisotopic (exact) mass is 270 g/mol. The standard InChI is InChI=1S/C12H14O5S/c1-9-6-4-5-7-10(9)11(12(13)16-2)8-17-18(3,14)15/h4-8H,1-3H3. The van der Waals surface area contributed by atoms with Crippen molar-refractivity contribution in [3.05, 3.63) is 41.7 Å². The summed E-state index contributed by atoms with van der Waals surface area (Å²) < 4.78 is 31.0. The Balaban J connectivity index is 3.23. The highest BCUT2D eigenvalue weighted by Crippen LogP contribution is 2.20. The zero-order valence-corrected chi connectivity index (χ0v) is 11.2. The number of carbonyl (C=O) groups excluding carboxylic acids is 1. The maximum atomic E-state index is 11.6. The van der Waals surface area contributed by atoms with E-state index in [1.165, 1.54) is 7.11 Å². The van der Waals surface area contributed by atoms with Crippen LogP contribution in [0, 0.1) is 6.92 Å². The number of ether oxygens (including phenoxy) is 1. The van der Waals surface area contributed by atoms with Crippen LogP contribution < -0.4 is 0 Å². The van der Waals surface area contributed by atoms with E-state index in [1.54, 1.807) is 25.1 Å². The van der Waals surface area contributed by atoms with Crippen molar-refractivity contribution in [3.8, 4) is 0 Å². The number of methoxy groups -OCH3 is 1. The molecule has 0 radical (unpaired) electrons. The Labute approximate surface area is 106 Å². The molecule has 98 valence electrons. The minimum Gasteiger partial charge on any atom is -0.465 e. The fourth-order valence-corrected chi connectivity index (χ4v) is 1.61. The molecule has 0 saturated heterocycles. The lowest BCUT2D eigenvalue weighted by atomic mass is 10.0. The van der Waals surface area contributed by atoms with Crippen molar-refractivity contribution in [1.82, 2.24) is 0 Å². The molecule has 0 aliphatic heterocycles. The Kier molecular flexibility index (Phi) is 4.49. The first-order valence-electron chi connectivity index (χ1n) is 5.08. The summed E-state index contributed by atoms with van der Waals surface area (Å²) in [6.07, 6.45) is 1.79. The van der Waals surface area contributed by atoms with Crippen LogP contribution in [-0.4, -0.2) is 27.8 Å². The molecule has 6 heteroatoms. The zero-order valence-electron chi connectivity index (χ0n) is 10.3. The van der Waals surface area contributed by atoms with Crippen LogP contribution in [0.5, 0.6) is 0 Å². The van der Waals surface area contributed by atoms with Crippen LogP contribution in [-0.2, 0) is 23.8 Å². The third-order valence-corrected chi connectivity index (χ3v) is 2.63. The lowest BCUT2D eigenvalue weighted by Crippen LogP contribution is -2.07. The first kappa shape index (κ1) is 14.2. The van der Waals surface area contributed by atoms with Crippen molar-refractivity contribution in [2.45, 2.75) is 6.92 Å². The van der Waals surface area contributed by atoms with E-state index in [9.17, 15) is 13.2 Å². The highest BCUT2D eigenvalue weighted by Gasteiger charge is 2.16. The third-order valence-electron chi connectivity index (χ3n) is 2.18. The van der Waals surface area contributed by atoms with Crippen LogP contribution in [0.15, 0.2) is 30.5 Å². The predicted molar refractivity (Wildman–Crippen MR) is 67.1 cm³/mol. The summed E-state index contributed by atoms with van der Waals surface area (Å²) in [7, 11) is -2.45. The Morgan fingerprint density at radius 3 is 2.39 bits per heavy atom. The lowest BCUT2D eigenvalue weighted by Gasteiger charge is -2.08. The Hall–Kier alpha value is -1.82. The van der Waals surface area contributed by atoms with Crippen LogP contribution in [0.2, 0.25) is 0 Å². The summed E-state index contributed by atoms with van der Waals surface area (Å²) in [4.78, 5) is 11.6. The van der Waals surface area contributed by atoms with Crippen molar-refractivity contribution in [2.24, 2.45) is 0 Å². The van der Waals surface area contributed by atoms with E-state index in [0.29, 0.717) is 5.56 Å². The van der Waals surface area contributed by atoms with Crippen molar-refractivity contribution in [3.63, 3.8) is 0 Å². The van der Waals surface area contributed by atoms with Gasteiger partial charge in [0.25, 0.3) is 0 Å². The summed E-state index contributed by atoms with van der Waals surface area (Å²) in [6, 6.07) is 7.03. The maximum absolute atomic E-state index is 11.6. The number of hydrogen-bond donors (Lipinski definition) is 0. The van der Waals surface area contributed by atoms with Gasteiger partial charge in [0.1, 0.15) is 11.8 Å². The molecule has 1 aromatic rings. The van der Waals surface area contributed by atoms with E-state index >= 15 is 0 Å². The van der Waals surface area contributed by atoms with E-state index in [4.69, 9.17) is 0 Å². The second kappa shape index (κ2) is 5.68. The summed E-state index contributed by atoms with van der Waals surface area (Å²) >= 11 is 0. The van der Waals surface area contributed by atoms with Gasteiger partial charge in [0, 0.05) is 0 Å². The molecule has 1 aromatic carbocycles. The average Bonchev–Trinajstić information content (AvgIpc) is 2.29. The van der Waals surface area contributed by atoms with Gasteiger partial charge in [-0.1, -0.05) is 24.3 Å². The van der Waals surface area contributed by atoms with Crippen LogP contribution in [0.4, 0.5) is 0 Å². The number of rotatable bonds is 4. The molecule has 0 N–H and O–H groups in total. The molecule has 0 heterocycles. The van der Waals surface area contributed by atoms with E-state index in [2.05, 4.69) is 8.92 Å². The van der Waals surface area contributed by atoms with Gasteiger partial charge in [-0.3, -0.25) is 0 Å². The molecule has 0 unspecified atom stereocenters. The van der Waals surface area contributed by atoms with Crippen molar-refractivity contribution < 1.29 is 22.1 Å². The second-order valence-corrected chi connectivity index (χ2v) is 5.24. The van der Waals surface area contributed by atoms with Crippen LogP contribution in [0.3, 0.4) is 0 Å². The van der Waals surface area contributed by atoms with Crippen molar-refractivity contribution in [1.29, 1.82) is 0 Å². The zero-order chi connectivity index (χ0) is 13.8. The van der Waals surface area contributed by atoms with E-state index < -0.39 is 16.1 Å². The van der Waals surface area contributed by atoms with Gasteiger partial charge in [-0.05, 0) is 18.1 Å². The smallest absolute Gasteiger partial charge is 0.341 e. The van der Waals surface area contributed by atoms with Gasteiger partial charge < -0.3 is 8.92 Å². The summed E-state index contributed by atoms with van der Waals surface area (Å²) in [5.41, 5.74) is 1.43. The quantitative estimate of drug-likeness (QED) is 0.359. The molecule has 0 aliphatic rings. The molecule has 0 fully saturated rings. The highest BCUT2D eigenvalue weighted by molar-refractivity contribution is 7.86. The van der Waals surface area contributed by atoms with Gasteiger partial charge >= 0.3 is 16.1 Å². The first-order chi connectivity index (χ1) is 8.35. The summed E-state index contributed by atoms with van der Waals surface area (Å²) in [5.74, 6) is -0.659. The van der Waals surface area contributed by atoms with E-state index in [-0.39, 0.29) is 5.57 Å². The fourth-order valence-electron chi connectivity index (χ4n) is 1.34. The lowest BCUT2D eigenvalue weighted by molar-refractivity contribution is -0.133. The molecule has 5 nitrogen and oxygen atoms in total. The second-order valence-electron chi connectivity index (χ2n) is 3.64. The van der Waals surface area contributed by atoms with Gasteiger partial charge in [0.15, 0.2) is 0 Å². The van der Waals surface area contributed by atoms with E-state index in [0.717, 1.165) is 18.1 Å². The number of carbonyl (C=O) groups is 1. The summed E-state index contributed by atoms with van der Waals surface area (Å²) in [6.45, 7) is 1.80. The molecule has 0 atom stereocenters. The highest BCUT2D eigenvalue weighted by atomic mass is 32.2. The fraction of sp³-hybridized carbons (Fsp3) is 0.250. The molecule has 0 spiro atoms. The molecule has 0 aromatic heterocycles. The molecule has 0 aliphatic carbocycles. The normalized spacial score (nSPS) is 12.1. The predicted octanol–water partition coefficient (Wildman–Crippen LogP) is 1.49. The van der Waals surface area contributed by atoms with Crippen LogP contribution >= 0.6 is 0 Å². The Bertz CT molecular complexity index is 572. The molecule has 0 bridgehead atoms. The average molecular weight is 270 g/mol. The van der Waals surface area contributed by atoms with Crippen molar-refractivity contribution in [2.75, 3.05) is 13.4 Å². The van der Waals surface area contributed by atoms with Gasteiger partial charge in [-0.25, -0.2) is 4.79 Å². The number of hydrogen-bond acceptors (Lipinski definition) is 5. The van der Waals surface area contributed by atoms with E-state index in [1.807, 2.05) is 6.07 Å². The maximum Gasteiger partial charge on any atom is 0.341 e. The molecular formula is C12H14O5S.